The summed E-state index contributed by atoms with van der Waals surface area (Å²) < 4.78 is 38.1. The Balaban J connectivity index is 2.79. The molecule has 0 saturated carbocycles. The highest BCUT2D eigenvalue weighted by molar-refractivity contribution is 5.80. The van der Waals surface area contributed by atoms with E-state index < -0.39 is 17.1 Å². The van der Waals surface area contributed by atoms with E-state index in [1.54, 1.807) is 0 Å². The average molecular weight is 288 g/mol. The number of benzene rings is 1. The van der Waals surface area contributed by atoms with E-state index in [0.29, 0.717) is 18.4 Å². The SMILES string of the molecule is CCCC[C@@H](N=Cc1ccc([N+](=O)[O-])cc1)C(F)(F)F. The third-order valence-corrected chi connectivity index (χ3v) is 2.72. The molecule has 0 aliphatic carbocycles. The lowest BCUT2D eigenvalue weighted by Gasteiger charge is -2.15. The fourth-order valence-corrected chi connectivity index (χ4v) is 1.58. The number of aliphatic imine (C=N–C) groups is 1. The summed E-state index contributed by atoms with van der Waals surface area (Å²) >= 11 is 0. The molecule has 0 aliphatic rings. The van der Waals surface area contributed by atoms with Gasteiger partial charge in [0.05, 0.1) is 4.92 Å². The lowest BCUT2D eigenvalue weighted by Crippen LogP contribution is -2.27. The normalized spacial score (nSPS) is 13.6. The van der Waals surface area contributed by atoms with Crippen molar-refractivity contribution in [1.82, 2.24) is 0 Å². The third kappa shape index (κ3) is 4.99. The molecule has 0 unspecified atom stereocenters. The summed E-state index contributed by atoms with van der Waals surface area (Å²) in [7, 11) is 0. The highest BCUT2D eigenvalue weighted by Gasteiger charge is 2.38. The van der Waals surface area contributed by atoms with Gasteiger partial charge in [-0.25, -0.2) is 0 Å². The Morgan fingerprint density at radius 2 is 1.95 bits per heavy atom. The predicted molar refractivity (Wildman–Crippen MR) is 70.1 cm³/mol. The zero-order valence-corrected chi connectivity index (χ0v) is 10.9. The van der Waals surface area contributed by atoms with Crippen molar-refractivity contribution < 1.29 is 18.1 Å². The van der Waals surface area contributed by atoms with Crippen molar-refractivity contribution in [2.45, 2.75) is 38.4 Å². The molecule has 0 fully saturated rings. The average Bonchev–Trinajstić information content (AvgIpc) is 2.37. The quantitative estimate of drug-likeness (QED) is 0.449. The first-order valence-electron chi connectivity index (χ1n) is 6.19. The van der Waals surface area contributed by atoms with Crippen LogP contribution in [0.2, 0.25) is 0 Å². The second-order valence-corrected chi connectivity index (χ2v) is 4.33. The van der Waals surface area contributed by atoms with Crippen LogP contribution in [0.15, 0.2) is 29.3 Å². The van der Waals surface area contributed by atoms with Gasteiger partial charge in [-0.05, 0) is 24.1 Å². The van der Waals surface area contributed by atoms with Crippen LogP contribution in [0.1, 0.15) is 31.7 Å². The molecule has 0 aliphatic heterocycles. The number of nitrogens with zero attached hydrogens (tertiary/aromatic N) is 2. The lowest BCUT2D eigenvalue weighted by molar-refractivity contribution is -0.384. The molecule has 0 aromatic heterocycles. The molecular weight excluding hydrogens is 273 g/mol. The van der Waals surface area contributed by atoms with Gasteiger partial charge in [-0.15, -0.1) is 0 Å². The number of halogens is 3. The molecular formula is C13H15F3N2O2. The maximum Gasteiger partial charge on any atom is 0.410 e. The number of nitro groups is 1. The van der Waals surface area contributed by atoms with Gasteiger partial charge in [-0.2, -0.15) is 13.2 Å². The van der Waals surface area contributed by atoms with Crippen LogP contribution in [0.5, 0.6) is 0 Å². The molecule has 0 amide bonds. The van der Waals surface area contributed by atoms with Crippen molar-refractivity contribution in [3.05, 3.63) is 39.9 Å². The van der Waals surface area contributed by atoms with Crippen LogP contribution < -0.4 is 0 Å². The van der Waals surface area contributed by atoms with Gasteiger partial charge in [0.15, 0.2) is 0 Å². The van der Waals surface area contributed by atoms with Crippen LogP contribution in [0.25, 0.3) is 0 Å². The van der Waals surface area contributed by atoms with Crippen LogP contribution in [0.4, 0.5) is 18.9 Å². The molecule has 7 heteroatoms. The van der Waals surface area contributed by atoms with E-state index in [1.165, 1.54) is 24.3 Å². The Hall–Kier alpha value is -1.92. The van der Waals surface area contributed by atoms with Crippen LogP contribution in [0.3, 0.4) is 0 Å². The molecule has 1 rings (SSSR count). The van der Waals surface area contributed by atoms with Crippen molar-refractivity contribution >= 4 is 11.9 Å². The van der Waals surface area contributed by atoms with Gasteiger partial charge in [-0.1, -0.05) is 19.8 Å². The number of hydrogen-bond acceptors (Lipinski definition) is 3. The molecule has 4 nitrogen and oxygen atoms in total. The number of unbranched alkanes of at least 4 members (excludes halogenated alkanes) is 1. The lowest BCUT2D eigenvalue weighted by atomic mass is 10.1. The Bertz CT molecular complexity index is 469. The summed E-state index contributed by atoms with van der Waals surface area (Å²) in [4.78, 5) is 13.4. The molecule has 0 saturated heterocycles. The van der Waals surface area contributed by atoms with Crippen LogP contribution in [0, 0.1) is 10.1 Å². The molecule has 1 aromatic rings. The minimum Gasteiger partial charge on any atom is -0.280 e. The smallest absolute Gasteiger partial charge is 0.280 e. The molecule has 110 valence electrons. The molecule has 0 heterocycles. The first-order valence-corrected chi connectivity index (χ1v) is 6.19. The van der Waals surface area contributed by atoms with Gasteiger partial charge >= 0.3 is 6.18 Å². The van der Waals surface area contributed by atoms with Crippen molar-refractivity contribution in [2.75, 3.05) is 0 Å². The van der Waals surface area contributed by atoms with Gasteiger partial charge in [0.2, 0.25) is 0 Å². The van der Waals surface area contributed by atoms with Crippen LogP contribution >= 0.6 is 0 Å². The Morgan fingerprint density at radius 1 is 1.35 bits per heavy atom. The Kier molecular flexibility index (Phi) is 5.66. The minimum absolute atomic E-state index is 0.0521. The Morgan fingerprint density at radius 3 is 2.40 bits per heavy atom. The largest absolute Gasteiger partial charge is 0.410 e. The molecule has 0 N–H and O–H groups in total. The van der Waals surface area contributed by atoms with E-state index in [4.69, 9.17) is 0 Å². The third-order valence-electron chi connectivity index (χ3n) is 2.72. The van der Waals surface area contributed by atoms with Crippen molar-refractivity contribution in [3.63, 3.8) is 0 Å². The monoisotopic (exact) mass is 288 g/mol. The van der Waals surface area contributed by atoms with Gasteiger partial charge in [0.1, 0.15) is 6.04 Å². The maximum absolute atomic E-state index is 12.7. The summed E-state index contributed by atoms with van der Waals surface area (Å²) in [5.74, 6) is 0. The highest BCUT2D eigenvalue weighted by atomic mass is 19.4. The molecule has 0 spiro atoms. The van der Waals surface area contributed by atoms with Crippen molar-refractivity contribution in [3.8, 4) is 0 Å². The zero-order valence-electron chi connectivity index (χ0n) is 10.9. The fourth-order valence-electron chi connectivity index (χ4n) is 1.58. The van der Waals surface area contributed by atoms with Crippen LogP contribution in [-0.4, -0.2) is 23.4 Å². The van der Waals surface area contributed by atoms with Gasteiger partial charge in [0, 0.05) is 18.3 Å². The van der Waals surface area contributed by atoms with E-state index >= 15 is 0 Å². The minimum atomic E-state index is -4.37. The molecule has 20 heavy (non-hydrogen) atoms. The van der Waals surface area contributed by atoms with Gasteiger partial charge in [-0.3, -0.25) is 15.1 Å². The summed E-state index contributed by atoms with van der Waals surface area (Å²) in [5.41, 5.74) is 0.293. The second kappa shape index (κ2) is 7.02. The topological polar surface area (TPSA) is 55.5 Å². The van der Waals surface area contributed by atoms with Crippen molar-refractivity contribution in [2.24, 2.45) is 4.99 Å². The molecule has 1 aromatic carbocycles. The molecule has 0 bridgehead atoms. The molecule has 0 radical (unpaired) electrons. The van der Waals surface area contributed by atoms with E-state index in [0.717, 1.165) is 6.21 Å². The van der Waals surface area contributed by atoms with Gasteiger partial charge < -0.3 is 0 Å². The Labute approximate surface area is 114 Å². The summed E-state index contributed by atoms with van der Waals surface area (Å²) in [6.45, 7) is 1.81. The summed E-state index contributed by atoms with van der Waals surface area (Å²) in [5, 5.41) is 10.5. The first-order chi connectivity index (χ1) is 9.34. The van der Waals surface area contributed by atoms with E-state index in [2.05, 4.69) is 4.99 Å². The molecule has 1 atom stereocenters. The van der Waals surface area contributed by atoms with Crippen molar-refractivity contribution in [1.29, 1.82) is 0 Å². The van der Waals surface area contributed by atoms with Crippen LogP contribution in [-0.2, 0) is 0 Å². The first kappa shape index (κ1) is 16.1. The fraction of sp³-hybridized carbons (Fsp3) is 0.462. The maximum atomic E-state index is 12.7. The highest BCUT2D eigenvalue weighted by Crippen LogP contribution is 2.26. The second-order valence-electron chi connectivity index (χ2n) is 4.33. The number of non-ortho nitro benzene ring substituents is 1. The zero-order chi connectivity index (χ0) is 15.2. The number of rotatable bonds is 6. The standard InChI is InChI=1S/C13H15F3N2O2/c1-2-3-4-12(13(14,15)16)17-9-10-5-7-11(8-6-10)18(19)20/h5-9,12H,2-4H2,1H3/t12-/m1/s1. The van der Waals surface area contributed by atoms with E-state index in [-0.39, 0.29) is 12.1 Å². The number of alkyl halides is 3. The van der Waals surface area contributed by atoms with E-state index in [9.17, 15) is 23.3 Å². The number of hydrogen-bond donors (Lipinski definition) is 0. The van der Waals surface area contributed by atoms with E-state index in [1.807, 2.05) is 6.92 Å². The predicted octanol–water partition coefficient (Wildman–Crippen LogP) is 4.13. The summed E-state index contributed by atoms with van der Waals surface area (Å²) in [6.07, 6.45) is -2.20. The number of nitro benzene ring substituents is 1. The van der Waals surface area contributed by atoms with Gasteiger partial charge in [0.25, 0.3) is 5.69 Å². The summed E-state index contributed by atoms with van der Waals surface area (Å²) in [6, 6.07) is 3.48.